The van der Waals surface area contributed by atoms with E-state index in [0.29, 0.717) is 30.2 Å². The van der Waals surface area contributed by atoms with Crippen molar-refractivity contribution in [2.45, 2.75) is 77.0 Å². The van der Waals surface area contributed by atoms with Crippen LogP contribution in [-0.4, -0.2) is 92.0 Å². The molecule has 0 fully saturated rings. The number of aromatic nitrogens is 1. The van der Waals surface area contributed by atoms with Crippen molar-refractivity contribution in [1.82, 2.24) is 15.0 Å². The van der Waals surface area contributed by atoms with Crippen molar-refractivity contribution in [2.24, 2.45) is 5.92 Å². The summed E-state index contributed by atoms with van der Waals surface area (Å²) in [6.45, 7) is 9.38. The van der Waals surface area contributed by atoms with Gasteiger partial charge in [-0.05, 0) is 89.4 Å². The van der Waals surface area contributed by atoms with Crippen LogP contribution in [0, 0.1) is 25.6 Å². The molecule has 3 aromatic rings. The van der Waals surface area contributed by atoms with E-state index in [2.05, 4.69) is 15.2 Å². The van der Waals surface area contributed by atoms with Crippen molar-refractivity contribution < 1.29 is 41.5 Å². The number of hydrogen-bond donors (Lipinski definition) is 3. The van der Waals surface area contributed by atoms with E-state index in [1.807, 2.05) is 13.8 Å². The predicted molar refractivity (Wildman–Crippen MR) is 182 cm³/mol. The molecule has 0 aliphatic carbocycles. The lowest BCUT2D eigenvalue weighted by Crippen LogP contribution is -2.48. The summed E-state index contributed by atoms with van der Waals surface area (Å²) in [5.74, 6) is -0.615. The highest BCUT2D eigenvalue weighted by atomic mass is 32.2. The minimum absolute atomic E-state index is 0.101. The number of aryl methyl sites for hydroxylation is 2. The van der Waals surface area contributed by atoms with Crippen LogP contribution in [0.4, 0.5) is 20.6 Å². The standard InChI is InChI=1S/C34H46FN5O8S/c1-21-18-40(22(2)20-41)33(42)29-17-27(38-49(44,45)28-13-10-26(35)11-14-28)12-15-30(29)47-23(3)9-7-8-16-46-31(21)19-39(6)34(43)36-32-24(4)37-48-25(32)5/h10-15,17,21-23,31,38,41H,7-9,16,18-20H2,1-6H3,(H,36,43)/t21-,22-,23-,31+/m1/s1. The van der Waals surface area contributed by atoms with Crippen LogP contribution in [0.2, 0.25) is 0 Å². The number of anilines is 2. The first kappa shape index (κ1) is 37.6. The molecule has 0 saturated carbocycles. The Morgan fingerprint density at radius 2 is 1.88 bits per heavy atom. The number of sulfonamides is 1. The SMILES string of the molecule is Cc1noc(C)c1NC(=O)N(C)C[C@@H]1OCCCC[C@@H](C)Oc2ccc(NS(=O)(=O)c3ccc(F)cc3)cc2C(=O)N([C@H](C)CO)C[C@H]1C. The number of ether oxygens (including phenoxy) is 2. The van der Waals surface area contributed by atoms with Gasteiger partial charge in [0, 0.05) is 38.3 Å². The number of likely N-dealkylation sites (N-methyl/N-ethyl adjacent to an activating group) is 1. The zero-order valence-electron chi connectivity index (χ0n) is 28.7. The number of amides is 3. The molecule has 2 aromatic carbocycles. The maximum Gasteiger partial charge on any atom is 0.321 e. The van der Waals surface area contributed by atoms with Crippen LogP contribution in [0.3, 0.4) is 0 Å². The second-order valence-corrected chi connectivity index (χ2v) is 14.3. The molecule has 13 nitrogen and oxygen atoms in total. The quantitative estimate of drug-likeness (QED) is 0.287. The highest BCUT2D eigenvalue weighted by Gasteiger charge is 2.31. The summed E-state index contributed by atoms with van der Waals surface area (Å²) in [6, 6.07) is 7.83. The molecule has 1 aromatic heterocycles. The Morgan fingerprint density at radius 1 is 1.16 bits per heavy atom. The van der Waals surface area contributed by atoms with Gasteiger partial charge in [0.2, 0.25) is 0 Å². The number of carbonyl (C=O) groups is 2. The summed E-state index contributed by atoms with van der Waals surface area (Å²) in [7, 11) is -2.46. The fraction of sp³-hybridized carbons (Fsp3) is 0.500. The molecule has 1 aliphatic rings. The molecule has 15 heteroatoms. The van der Waals surface area contributed by atoms with E-state index < -0.39 is 33.9 Å². The van der Waals surface area contributed by atoms with E-state index in [9.17, 15) is 27.5 Å². The molecule has 1 aliphatic heterocycles. The van der Waals surface area contributed by atoms with E-state index in [0.717, 1.165) is 37.1 Å². The van der Waals surface area contributed by atoms with Crippen molar-refractivity contribution in [2.75, 3.05) is 43.4 Å². The van der Waals surface area contributed by atoms with Crippen molar-refractivity contribution in [3.05, 3.63) is 65.3 Å². The van der Waals surface area contributed by atoms with Crippen molar-refractivity contribution in [1.29, 1.82) is 0 Å². The van der Waals surface area contributed by atoms with Crippen LogP contribution in [0.25, 0.3) is 0 Å². The Labute approximate surface area is 286 Å². The number of aliphatic hydroxyl groups is 1. The van der Waals surface area contributed by atoms with Crippen LogP contribution < -0.4 is 14.8 Å². The van der Waals surface area contributed by atoms with Crippen LogP contribution in [-0.2, 0) is 14.8 Å². The number of aliphatic hydroxyl groups excluding tert-OH is 1. The summed E-state index contributed by atoms with van der Waals surface area (Å²) in [4.78, 5) is 30.4. The average Bonchev–Trinajstić information content (AvgIpc) is 3.38. The smallest absolute Gasteiger partial charge is 0.321 e. The zero-order valence-corrected chi connectivity index (χ0v) is 29.5. The maximum atomic E-state index is 14.3. The van der Waals surface area contributed by atoms with Gasteiger partial charge in [0.1, 0.15) is 22.9 Å². The minimum atomic E-state index is -4.11. The Bertz CT molecular complexity index is 1680. The zero-order chi connectivity index (χ0) is 35.9. The molecular weight excluding hydrogens is 657 g/mol. The Morgan fingerprint density at radius 3 is 2.53 bits per heavy atom. The van der Waals surface area contributed by atoms with Gasteiger partial charge in [-0.3, -0.25) is 9.52 Å². The molecule has 0 spiro atoms. The maximum absolute atomic E-state index is 14.3. The molecule has 0 saturated heterocycles. The van der Waals surface area contributed by atoms with Crippen LogP contribution in [0.1, 0.15) is 61.8 Å². The van der Waals surface area contributed by atoms with Gasteiger partial charge in [0.15, 0.2) is 5.76 Å². The van der Waals surface area contributed by atoms with E-state index >= 15 is 0 Å². The summed E-state index contributed by atoms with van der Waals surface area (Å²) < 4.78 is 59.8. The van der Waals surface area contributed by atoms with E-state index in [1.54, 1.807) is 33.9 Å². The second kappa shape index (κ2) is 16.5. The summed E-state index contributed by atoms with van der Waals surface area (Å²) in [6.07, 6.45) is 1.41. The molecular formula is C34H46FN5O8S. The molecule has 268 valence electrons. The van der Waals surface area contributed by atoms with Gasteiger partial charge in [-0.15, -0.1) is 0 Å². The molecule has 3 amide bonds. The van der Waals surface area contributed by atoms with Crippen LogP contribution in [0.5, 0.6) is 5.75 Å². The third-order valence-corrected chi connectivity index (χ3v) is 9.89. The van der Waals surface area contributed by atoms with Crippen molar-refractivity contribution in [3.63, 3.8) is 0 Å². The lowest BCUT2D eigenvalue weighted by molar-refractivity contribution is -0.0115. The molecule has 0 bridgehead atoms. The number of carbonyl (C=O) groups excluding carboxylic acids is 2. The average molecular weight is 704 g/mol. The third-order valence-electron chi connectivity index (χ3n) is 8.49. The number of fused-ring (bicyclic) bond motifs is 1. The van der Waals surface area contributed by atoms with Crippen LogP contribution >= 0.6 is 0 Å². The number of hydrogen-bond acceptors (Lipinski definition) is 9. The summed E-state index contributed by atoms with van der Waals surface area (Å²) >= 11 is 0. The molecule has 49 heavy (non-hydrogen) atoms. The first-order chi connectivity index (χ1) is 23.2. The monoisotopic (exact) mass is 703 g/mol. The topological polar surface area (TPSA) is 164 Å². The van der Waals surface area contributed by atoms with E-state index in [4.69, 9.17) is 14.0 Å². The molecule has 0 unspecified atom stereocenters. The van der Waals surface area contributed by atoms with Gasteiger partial charge < -0.3 is 34.2 Å². The fourth-order valence-electron chi connectivity index (χ4n) is 5.49. The molecule has 4 atom stereocenters. The fourth-order valence-corrected chi connectivity index (χ4v) is 6.54. The number of nitrogens with zero attached hydrogens (tertiary/aromatic N) is 3. The largest absolute Gasteiger partial charge is 0.490 e. The summed E-state index contributed by atoms with van der Waals surface area (Å²) in [5, 5.41) is 16.9. The number of benzene rings is 2. The summed E-state index contributed by atoms with van der Waals surface area (Å²) in [5.41, 5.74) is 1.26. The third kappa shape index (κ3) is 9.70. The van der Waals surface area contributed by atoms with Gasteiger partial charge in [0.05, 0.1) is 35.3 Å². The minimum Gasteiger partial charge on any atom is -0.490 e. The van der Waals surface area contributed by atoms with E-state index in [-0.39, 0.29) is 59.6 Å². The lowest BCUT2D eigenvalue weighted by atomic mass is 10.0. The first-order valence-corrected chi connectivity index (χ1v) is 17.8. The second-order valence-electron chi connectivity index (χ2n) is 12.6. The Kier molecular flexibility index (Phi) is 12.6. The van der Waals surface area contributed by atoms with Crippen LogP contribution in [0.15, 0.2) is 51.9 Å². The Hall–Kier alpha value is -4.21. The lowest BCUT2D eigenvalue weighted by Gasteiger charge is -2.35. The number of rotatable bonds is 8. The number of urea groups is 1. The van der Waals surface area contributed by atoms with Crippen molar-refractivity contribution in [3.8, 4) is 5.75 Å². The number of halogens is 1. The molecule has 3 N–H and O–H groups in total. The van der Waals surface area contributed by atoms with Gasteiger partial charge in [-0.2, -0.15) is 0 Å². The Balaban J connectivity index is 1.63. The van der Waals surface area contributed by atoms with Gasteiger partial charge in [0.25, 0.3) is 15.9 Å². The molecule has 0 radical (unpaired) electrons. The molecule has 4 rings (SSSR count). The van der Waals surface area contributed by atoms with Gasteiger partial charge in [-0.1, -0.05) is 12.1 Å². The van der Waals surface area contributed by atoms with Gasteiger partial charge in [-0.25, -0.2) is 17.6 Å². The first-order valence-electron chi connectivity index (χ1n) is 16.3. The highest BCUT2D eigenvalue weighted by Crippen LogP contribution is 2.30. The molecule has 2 heterocycles. The van der Waals surface area contributed by atoms with E-state index in [1.165, 1.54) is 21.9 Å². The van der Waals surface area contributed by atoms with Crippen molar-refractivity contribution >= 4 is 33.3 Å². The highest BCUT2D eigenvalue weighted by molar-refractivity contribution is 7.92. The predicted octanol–water partition coefficient (Wildman–Crippen LogP) is 5.19. The van der Waals surface area contributed by atoms with Gasteiger partial charge >= 0.3 is 6.03 Å². The number of nitrogens with one attached hydrogen (secondary N) is 2. The normalized spacial score (nSPS) is 20.0.